The molecule has 0 spiro atoms. The fraction of sp³-hybridized carbons (Fsp3) is 0.0625. The maximum absolute atomic E-state index is 13.1. The van der Waals surface area contributed by atoms with Crippen LogP contribution in [0.4, 0.5) is 10.1 Å². The van der Waals surface area contributed by atoms with Gasteiger partial charge >= 0.3 is 0 Å². The summed E-state index contributed by atoms with van der Waals surface area (Å²) in [6.45, 7) is 0. The van der Waals surface area contributed by atoms with Gasteiger partial charge in [0.05, 0.1) is 21.8 Å². The zero-order valence-corrected chi connectivity index (χ0v) is 12.0. The standard InChI is InChI=1S/C16H12ClFN2O/c1-20-15-5-3-2-4-11(15)12(16(20)21)9-19-10-6-7-14(18)13(17)8-10/h2-9,21H,1H3. The Morgan fingerprint density at radius 3 is 2.76 bits per heavy atom. The molecule has 0 radical (unpaired) electrons. The number of fused-ring (bicyclic) bond motifs is 1. The molecule has 3 aromatic rings. The fourth-order valence-electron chi connectivity index (χ4n) is 2.24. The van der Waals surface area contributed by atoms with Crippen LogP contribution in [0.15, 0.2) is 47.5 Å². The van der Waals surface area contributed by atoms with Crippen LogP contribution in [-0.2, 0) is 7.05 Å². The third kappa shape index (κ3) is 2.38. The summed E-state index contributed by atoms with van der Waals surface area (Å²) in [6.07, 6.45) is 1.56. The number of aromatic hydroxyl groups is 1. The molecule has 1 N–H and O–H groups in total. The molecule has 0 amide bonds. The molecule has 1 aromatic heterocycles. The van der Waals surface area contributed by atoms with Gasteiger partial charge in [-0.1, -0.05) is 29.8 Å². The number of aryl methyl sites for hydroxylation is 1. The van der Waals surface area contributed by atoms with Crippen LogP contribution in [0.5, 0.6) is 5.88 Å². The molecule has 106 valence electrons. The summed E-state index contributed by atoms with van der Waals surface area (Å²) < 4.78 is 14.8. The van der Waals surface area contributed by atoms with E-state index < -0.39 is 5.82 Å². The van der Waals surface area contributed by atoms with Crippen molar-refractivity contribution in [1.82, 2.24) is 4.57 Å². The first-order valence-corrected chi connectivity index (χ1v) is 6.71. The minimum Gasteiger partial charge on any atom is -0.494 e. The lowest BCUT2D eigenvalue weighted by atomic mass is 10.2. The molecule has 0 aliphatic heterocycles. The highest BCUT2D eigenvalue weighted by Crippen LogP contribution is 2.29. The summed E-state index contributed by atoms with van der Waals surface area (Å²) in [6, 6.07) is 11.9. The number of benzene rings is 2. The Bertz CT molecular complexity index is 855. The first-order valence-electron chi connectivity index (χ1n) is 6.33. The zero-order chi connectivity index (χ0) is 15.0. The molecule has 21 heavy (non-hydrogen) atoms. The molecule has 1 heterocycles. The minimum atomic E-state index is -0.483. The van der Waals surface area contributed by atoms with Crippen LogP contribution in [0.25, 0.3) is 10.9 Å². The normalized spacial score (nSPS) is 11.6. The van der Waals surface area contributed by atoms with Gasteiger partial charge in [-0.15, -0.1) is 0 Å². The van der Waals surface area contributed by atoms with Crippen LogP contribution >= 0.6 is 11.6 Å². The maximum atomic E-state index is 13.1. The summed E-state index contributed by atoms with van der Waals surface area (Å²) in [5.74, 6) is -0.350. The number of para-hydroxylation sites is 1. The molecule has 2 aromatic carbocycles. The van der Waals surface area contributed by atoms with Gasteiger partial charge in [0, 0.05) is 18.6 Å². The molecule has 0 aliphatic rings. The molecule has 3 nitrogen and oxygen atoms in total. The van der Waals surface area contributed by atoms with Crippen LogP contribution in [0.1, 0.15) is 5.56 Å². The van der Waals surface area contributed by atoms with Gasteiger partial charge in [0.2, 0.25) is 5.88 Å². The van der Waals surface area contributed by atoms with Crippen LogP contribution in [0.3, 0.4) is 0 Å². The molecule has 3 rings (SSSR count). The molecule has 0 aliphatic carbocycles. The molecular formula is C16H12ClFN2O. The van der Waals surface area contributed by atoms with Crippen molar-refractivity contribution in [3.8, 4) is 5.88 Å². The van der Waals surface area contributed by atoms with Gasteiger partial charge in [-0.3, -0.25) is 4.99 Å². The molecule has 0 atom stereocenters. The van der Waals surface area contributed by atoms with Crippen molar-refractivity contribution in [1.29, 1.82) is 0 Å². The Kier molecular flexibility index (Phi) is 3.39. The summed E-state index contributed by atoms with van der Waals surface area (Å²) in [5, 5.41) is 11.1. The van der Waals surface area contributed by atoms with Crippen LogP contribution < -0.4 is 0 Å². The maximum Gasteiger partial charge on any atom is 0.200 e. The van der Waals surface area contributed by atoms with E-state index in [0.29, 0.717) is 11.3 Å². The Morgan fingerprint density at radius 1 is 1.24 bits per heavy atom. The molecule has 0 unspecified atom stereocenters. The van der Waals surface area contributed by atoms with Gasteiger partial charge in [0.15, 0.2) is 0 Å². The quantitative estimate of drug-likeness (QED) is 0.699. The van der Waals surface area contributed by atoms with Gasteiger partial charge in [0.1, 0.15) is 5.82 Å². The van der Waals surface area contributed by atoms with E-state index in [4.69, 9.17) is 11.6 Å². The minimum absolute atomic E-state index is 0.0202. The van der Waals surface area contributed by atoms with Crippen molar-refractivity contribution in [3.05, 3.63) is 58.9 Å². The first kappa shape index (κ1) is 13.6. The van der Waals surface area contributed by atoms with E-state index in [1.54, 1.807) is 17.8 Å². The van der Waals surface area contributed by atoms with E-state index in [2.05, 4.69) is 4.99 Å². The number of aliphatic imine (C=N–C) groups is 1. The highest BCUT2D eigenvalue weighted by molar-refractivity contribution is 6.31. The summed E-state index contributed by atoms with van der Waals surface area (Å²) in [7, 11) is 1.78. The fourth-order valence-corrected chi connectivity index (χ4v) is 2.42. The van der Waals surface area contributed by atoms with E-state index in [0.717, 1.165) is 10.9 Å². The summed E-state index contributed by atoms with van der Waals surface area (Å²) in [5.41, 5.74) is 2.05. The highest BCUT2D eigenvalue weighted by atomic mass is 35.5. The van der Waals surface area contributed by atoms with Gasteiger partial charge < -0.3 is 9.67 Å². The smallest absolute Gasteiger partial charge is 0.200 e. The van der Waals surface area contributed by atoms with Crippen molar-refractivity contribution in [2.45, 2.75) is 0 Å². The van der Waals surface area contributed by atoms with Gasteiger partial charge in [0.25, 0.3) is 0 Å². The number of hydrogen-bond acceptors (Lipinski definition) is 2. The number of aromatic nitrogens is 1. The lowest BCUT2D eigenvalue weighted by Crippen LogP contribution is -1.86. The Morgan fingerprint density at radius 2 is 2.00 bits per heavy atom. The monoisotopic (exact) mass is 302 g/mol. The SMILES string of the molecule is Cn1c(O)c(C=Nc2ccc(F)c(Cl)c2)c2ccccc21. The predicted molar refractivity (Wildman–Crippen MR) is 83.2 cm³/mol. The number of rotatable bonds is 2. The largest absolute Gasteiger partial charge is 0.494 e. The number of halogens is 2. The van der Waals surface area contributed by atoms with E-state index in [9.17, 15) is 9.50 Å². The van der Waals surface area contributed by atoms with Crippen LogP contribution in [0, 0.1) is 5.82 Å². The molecule has 0 saturated carbocycles. The van der Waals surface area contributed by atoms with E-state index >= 15 is 0 Å². The Balaban J connectivity index is 2.07. The van der Waals surface area contributed by atoms with E-state index in [-0.39, 0.29) is 10.9 Å². The van der Waals surface area contributed by atoms with Gasteiger partial charge in [-0.25, -0.2) is 4.39 Å². The van der Waals surface area contributed by atoms with E-state index in [1.165, 1.54) is 18.2 Å². The summed E-state index contributed by atoms with van der Waals surface area (Å²) in [4.78, 5) is 4.25. The molecule has 5 heteroatoms. The third-order valence-electron chi connectivity index (χ3n) is 3.36. The van der Waals surface area contributed by atoms with Crippen molar-refractivity contribution in [2.24, 2.45) is 12.0 Å². The second-order valence-electron chi connectivity index (χ2n) is 4.67. The average molecular weight is 303 g/mol. The van der Waals surface area contributed by atoms with Gasteiger partial charge in [-0.05, 0) is 24.3 Å². The zero-order valence-electron chi connectivity index (χ0n) is 11.2. The Hall–Kier alpha value is -2.33. The molecule has 0 saturated heterocycles. The van der Waals surface area contributed by atoms with Crippen molar-refractivity contribution in [3.63, 3.8) is 0 Å². The first-order chi connectivity index (χ1) is 10.1. The second-order valence-corrected chi connectivity index (χ2v) is 5.08. The van der Waals surface area contributed by atoms with Crippen molar-refractivity contribution >= 4 is 34.4 Å². The van der Waals surface area contributed by atoms with Crippen LogP contribution in [0.2, 0.25) is 5.02 Å². The second kappa shape index (κ2) is 5.22. The average Bonchev–Trinajstić information content (AvgIpc) is 2.73. The topological polar surface area (TPSA) is 37.5 Å². The predicted octanol–water partition coefficient (Wildman–Crippen LogP) is 4.43. The lowest BCUT2D eigenvalue weighted by Gasteiger charge is -1.97. The van der Waals surface area contributed by atoms with Crippen molar-refractivity contribution < 1.29 is 9.50 Å². The molecular weight excluding hydrogens is 291 g/mol. The third-order valence-corrected chi connectivity index (χ3v) is 3.65. The van der Waals surface area contributed by atoms with Crippen molar-refractivity contribution in [2.75, 3.05) is 0 Å². The molecule has 0 bridgehead atoms. The summed E-state index contributed by atoms with van der Waals surface area (Å²) >= 11 is 5.72. The van der Waals surface area contributed by atoms with E-state index in [1.807, 2.05) is 24.3 Å². The Labute approximate surface area is 125 Å². The highest BCUT2D eigenvalue weighted by Gasteiger charge is 2.11. The molecule has 0 fully saturated rings. The van der Waals surface area contributed by atoms with Crippen LogP contribution in [-0.4, -0.2) is 15.9 Å². The number of nitrogens with zero attached hydrogens (tertiary/aromatic N) is 2. The lowest BCUT2D eigenvalue weighted by molar-refractivity contribution is 0.434. The van der Waals surface area contributed by atoms with Gasteiger partial charge in [-0.2, -0.15) is 0 Å². The number of hydrogen-bond donors (Lipinski definition) is 1.